The molecule has 0 aromatic heterocycles. The third kappa shape index (κ3) is 4.24. The van der Waals surface area contributed by atoms with Crippen molar-refractivity contribution < 1.29 is 0 Å². The van der Waals surface area contributed by atoms with Gasteiger partial charge in [0.1, 0.15) is 0 Å². The van der Waals surface area contributed by atoms with Crippen LogP contribution in [-0.4, -0.2) is 11.5 Å². The van der Waals surface area contributed by atoms with Gasteiger partial charge in [-0.1, -0.05) is 25.0 Å². The topological polar surface area (TPSA) is 0 Å². The molecule has 2 heterocycles. The number of hydrogen-bond donors (Lipinski definition) is 0. The summed E-state index contributed by atoms with van der Waals surface area (Å²) in [5, 5.41) is 0. The van der Waals surface area contributed by atoms with E-state index in [4.69, 9.17) is 0 Å². The monoisotopic (exact) mass is 280 g/mol. The molecule has 0 saturated carbocycles. The molecule has 3 rings (SSSR count). The second kappa shape index (κ2) is 7.49. The molecule has 1 aromatic carbocycles. The number of hydrogen-bond acceptors (Lipinski definition) is 2. The Labute approximate surface area is 120 Å². The molecular weight excluding hydrogens is 256 g/mol. The first kappa shape index (κ1) is 14.3. The van der Waals surface area contributed by atoms with Crippen LogP contribution in [0, 0.1) is 13.8 Å². The predicted molar refractivity (Wildman–Crippen MR) is 86.7 cm³/mol. The third-order valence-corrected chi connectivity index (χ3v) is 5.82. The highest BCUT2D eigenvalue weighted by molar-refractivity contribution is 7.98. The zero-order valence-corrected chi connectivity index (χ0v) is 13.3. The first-order valence-electron chi connectivity index (χ1n) is 7.02. The average molecular weight is 281 g/mol. The smallest absolute Gasteiger partial charge is 0.0187 e. The van der Waals surface area contributed by atoms with Gasteiger partial charge in [-0.15, -0.1) is 0 Å². The molecule has 0 unspecified atom stereocenters. The summed E-state index contributed by atoms with van der Waals surface area (Å²) in [6.07, 6.45) is 5.63. The quantitative estimate of drug-likeness (QED) is 0.629. The third-order valence-electron chi connectivity index (χ3n) is 3.64. The second-order valence-electron chi connectivity index (χ2n) is 5.22. The molecule has 2 aliphatic heterocycles. The summed E-state index contributed by atoms with van der Waals surface area (Å²) in [5.41, 5.74) is 6.06. The van der Waals surface area contributed by atoms with Crippen LogP contribution in [0.3, 0.4) is 0 Å². The maximum atomic E-state index is 2.42. The minimum atomic E-state index is 1.19. The van der Waals surface area contributed by atoms with Crippen molar-refractivity contribution in [3.8, 4) is 0 Å². The summed E-state index contributed by atoms with van der Waals surface area (Å²) in [4.78, 5) is 0. The molecule has 0 fully saturated rings. The van der Waals surface area contributed by atoms with Crippen LogP contribution in [0.2, 0.25) is 0 Å². The number of aryl methyl sites for hydroxylation is 2. The molecule has 0 amide bonds. The summed E-state index contributed by atoms with van der Waals surface area (Å²) in [6.45, 7) is 4.55. The maximum absolute atomic E-state index is 2.42. The predicted octanol–water partition coefficient (Wildman–Crippen LogP) is 5.34. The Balaban J connectivity index is 2.12. The van der Waals surface area contributed by atoms with Crippen LogP contribution in [0.5, 0.6) is 0 Å². The van der Waals surface area contributed by atoms with E-state index in [-0.39, 0.29) is 0 Å². The fourth-order valence-electron chi connectivity index (χ4n) is 2.37. The van der Waals surface area contributed by atoms with E-state index in [1.807, 2.05) is 0 Å². The first-order valence-corrected chi connectivity index (χ1v) is 9.33. The van der Waals surface area contributed by atoms with Crippen molar-refractivity contribution in [1.29, 1.82) is 0 Å². The Morgan fingerprint density at radius 3 is 1.61 bits per heavy atom. The molecule has 0 spiro atoms. The lowest BCUT2D eigenvalue weighted by Gasteiger charge is -2.13. The summed E-state index contributed by atoms with van der Waals surface area (Å²) >= 11 is 4.21. The first-order chi connectivity index (χ1) is 8.77. The van der Waals surface area contributed by atoms with Gasteiger partial charge in [0.25, 0.3) is 0 Å². The van der Waals surface area contributed by atoms with Gasteiger partial charge in [0.05, 0.1) is 0 Å². The van der Waals surface area contributed by atoms with Crippen molar-refractivity contribution in [2.45, 2.75) is 51.0 Å². The van der Waals surface area contributed by atoms with Crippen molar-refractivity contribution in [3.05, 3.63) is 34.4 Å². The standard InChI is InChI=1S/C16H24S2/c1-13-9-16-12-18-8-6-4-3-5-7-17-11-15(13)10-14(16)2/h9-10H,3-8,11-12H2,1-2H3. The van der Waals surface area contributed by atoms with E-state index in [0.29, 0.717) is 0 Å². The molecule has 0 radical (unpaired) electrons. The van der Waals surface area contributed by atoms with E-state index in [1.54, 1.807) is 11.1 Å². The van der Waals surface area contributed by atoms with Gasteiger partial charge in [-0.05, 0) is 60.4 Å². The lowest BCUT2D eigenvalue weighted by molar-refractivity contribution is 0.711. The van der Waals surface area contributed by atoms with E-state index in [0.717, 1.165) is 0 Å². The number of thioether (sulfide) groups is 2. The molecule has 2 aliphatic rings. The van der Waals surface area contributed by atoms with Crippen molar-refractivity contribution in [2.75, 3.05) is 11.5 Å². The van der Waals surface area contributed by atoms with Crippen LogP contribution in [-0.2, 0) is 11.5 Å². The zero-order valence-electron chi connectivity index (χ0n) is 11.6. The number of rotatable bonds is 0. The highest BCUT2D eigenvalue weighted by Gasteiger charge is 2.06. The largest absolute Gasteiger partial charge is 0.157 e. The molecular formula is C16H24S2. The van der Waals surface area contributed by atoms with Gasteiger partial charge in [0.2, 0.25) is 0 Å². The zero-order chi connectivity index (χ0) is 12.8. The molecule has 0 saturated heterocycles. The van der Waals surface area contributed by atoms with Crippen LogP contribution in [0.15, 0.2) is 12.1 Å². The number of fused-ring (bicyclic) bond motifs is 11. The molecule has 0 nitrogen and oxygen atoms in total. The van der Waals surface area contributed by atoms with E-state index in [9.17, 15) is 0 Å². The lowest BCUT2D eigenvalue weighted by Crippen LogP contribution is -1.96. The molecule has 2 heteroatoms. The Hall–Kier alpha value is -0.0800. The Kier molecular flexibility index (Phi) is 5.97. The highest BCUT2D eigenvalue weighted by Crippen LogP contribution is 2.25. The fraction of sp³-hybridized carbons (Fsp3) is 0.625. The SMILES string of the molecule is Cc1cc2c(C)cc1CSCCCCCCSC2. The summed E-state index contributed by atoms with van der Waals surface area (Å²) in [5.74, 6) is 5.04. The lowest BCUT2D eigenvalue weighted by atomic mass is 10.0. The minimum absolute atomic E-state index is 1.19. The van der Waals surface area contributed by atoms with Crippen molar-refractivity contribution in [3.63, 3.8) is 0 Å². The van der Waals surface area contributed by atoms with Crippen LogP contribution in [0.25, 0.3) is 0 Å². The van der Waals surface area contributed by atoms with Crippen molar-refractivity contribution >= 4 is 23.5 Å². The van der Waals surface area contributed by atoms with E-state index < -0.39 is 0 Å². The van der Waals surface area contributed by atoms with Gasteiger partial charge < -0.3 is 0 Å². The van der Waals surface area contributed by atoms with Gasteiger partial charge in [-0.3, -0.25) is 0 Å². The maximum Gasteiger partial charge on any atom is 0.0187 e. The van der Waals surface area contributed by atoms with Crippen LogP contribution in [0.4, 0.5) is 0 Å². The van der Waals surface area contributed by atoms with Crippen molar-refractivity contribution in [2.24, 2.45) is 0 Å². The Morgan fingerprint density at radius 2 is 1.17 bits per heavy atom. The normalized spacial score (nSPS) is 18.6. The summed E-state index contributed by atoms with van der Waals surface area (Å²) < 4.78 is 0. The van der Waals surface area contributed by atoms with E-state index >= 15 is 0 Å². The Morgan fingerprint density at radius 1 is 0.722 bits per heavy atom. The average Bonchev–Trinajstić information content (AvgIpc) is 2.36. The molecule has 18 heavy (non-hydrogen) atoms. The van der Waals surface area contributed by atoms with Gasteiger partial charge in [-0.25, -0.2) is 0 Å². The molecule has 1 aromatic rings. The molecule has 0 N–H and O–H groups in total. The van der Waals surface area contributed by atoms with Crippen LogP contribution < -0.4 is 0 Å². The summed E-state index contributed by atoms with van der Waals surface area (Å²) in [6, 6.07) is 4.84. The molecule has 100 valence electrons. The van der Waals surface area contributed by atoms with Gasteiger partial charge >= 0.3 is 0 Å². The molecule has 0 aliphatic carbocycles. The van der Waals surface area contributed by atoms with Crippen LogP contribution in [0.1, 0.15) is 47.9 Å². The molecule has 2 bridgehead atoms. The van der Waals surface area contributed by atoms with E-state index in [2.05, 4.69) is 49.5 Å². The number of benzene rings is 1. The summed E-state index contributed by atoms with van der Waals surface area (Å²) in [7, 11) is 0. The second-order valence-corrected chi connectivity index (χ2v) is 7.43. The Bertz CT molecular complexity index is 347. The highest BCUT2D eigenvalue weighted by atomic mass is 32.2. The molecule has 0 atom stereocenters. The van der Waals surface area contributed by atoms with Crippen molar-refractivity contribution in [1.82, 2.24) is 0 Å². The minimum Gasteiger partial charge on any atom is -0.157 e. The van der Waals surface area contributed by atoms with Gasteiger partial charge in [0.15, 0.2) is 0 Å². The van der Waals surface area contributed by atoms with Gasteiger partial charge in [0, 0.05) is 11.5 Å². The fourth-order valence-corrected chi connectivity index (χ4v) is 4.54. The van der Waals surface area contributed by atoms with E-state index in [1.165, 1.54) is 59.8 Å². The van der Waals surface area contributed by atoms with Crippen LogP contribution >= 0.6 is 23.5 Å². The van der Waals surface area contributed by atoms with Gasteiger partial charge in [-0.2, -0.15) is 23.5 Å².